The van der Waals surface area contributed by atoms with Gasteiger partial charge in [0, 0.05) is 10.8 Å². The van der Waals surface area contributed by atoms with E-state index in [1.807, 2.05) is 0 Å². The standard InChI is InChI=1S/C36H37F4NO7/c1-3-46-33(45)20(2)48-35-16-22-12-23(17-35)15-34(14-22,19-35)30(32(43)44)41-31(42)28-10-6-24-13-26(37)9-11-27(24)29(28)47-18-21-4-7-25(8-5-21)36(38,39)40/h4-11,13,20,22-23,30H,3,12,14-19H2,1-2H3,(H,41,42)(H,43,44)/t20-,22?,23?,30?,34?,35?/m0/s1. The molecule has 2 N–H and O–H groups in total. The third-order valence-electron chi connectivity index (χ3n) is 10.1. The Balaban J connectivity index is 1.29. The Kier molecular flexibility index (Phi) is 8.91. The number of aliphatic carboxylic acids is 1. The molecule has 0 radical (unpaired) electrons. The first-order valence-corrected chi connectivity index (χ1v) is 16.1. The minimum Gasteiger partial charge on any atom is -0.487 e. The Labute approximate surface area is 274 Å². The number of esters is 1. The van der Waals surface area contributed by atoms with Crippen LogP contribution in [0.5, 0.6) is 5.75 Å². The average Bonchev–Trinajstić information content (AvgIpc) is 3.01. The molecular formula is C36H37F4NO7. The molecule has 4 atom stereocenters. The van der Waals surface area contributed by atoms with Crippen molar-refractivity contribution in [1.29, 1.82) is 0 Å². The van der Waals surface area contributed by atoms with Crippen molar-refractivity contribution in [3.63, 3.8) is 0 Å². The van der Waals surface area contributed by atoms with Crippen LogP contribution in [0.15, 0.2) is 54.6 Å². The number of amides is 1. The highest BCUT2D eigenvalue weighted by atomic mass is 19.4. The van der Waals surface area contributed by atoms with Gasteiger partial charge in [-0.2, -0.15) is 13.2 Å². The van der Waals surface area contributed by atoms with Crippen LogP contribution >= 0.6 is 0 Å². The van der Waals surface area contributed by atoms with Crippen LogP contribution in [0, 0.1) is 23.1 Å². The van der Waals surface area contributed by atoms with E-state index < -0.39 is 58.6 Å². The number of hydrogen-bond donors (Lipinski definition) is 2. The summed E-state index contributed by atoms with van der Waals surface area (Å²) in [4.78, 5) is 39.4. The zero-order valence-corrected chi connectivity index (χ0v) is 26.6. The second kappa shape index (κ2) is 12.7. The van der Waals surface area contributed by atoms with Gasteiger partial charge in [0.2, 0.25) is 0 Å². The third-order valence-corrected chi connectivity index (χ3v) is 10.1. The van der Waals surface area contributed by atoms with Crippen LogP contribution < -0.4 is 10.1 Å². The first-order valence-electron chi connectivity index (χ1n) is 16.1. The lowest BCUT2D eigenvalue weighted by atomic mass is 9.46. The first-order chi connectivity index (χ1) is 22.7. The molecule has 256 valence electrons. The molecule has 4 aliphatic carbocycles. The maximum Gasteiger partial charge on any atom is 0.416 e. The highest BCUT2D eigenvalue weighted by Gasteiger charge is 2.63. The summed E-state index contributed by atoms with van der Waals surface area (Å²) < 4.78 is 70.9. The summed E-state index contributed by atoms with van der Waals surface area (Å²) in [5.41, 5.74) is -1.98. The number of nitrogens with one attached hydrogen (secondary N) is 1. The maximum atomic E-state index is 14.1. The largest absolute Gasteiger partial charge is 0.487 e. The van der Waals surface area contributed by atoms with E-state index in [4.69, 9.17) is 14.2 Å². The topological polar surface area (TPSA) is 111 Å². The summed E-state index contributed by atoms with van der Waals surface area (Å²) in [5, 5.41) is 14.1. The molecule has 3 aromatic carbocycles. The molecule has 0 spiro atoms. The molecule has 3 aromatic rings. The Morgan fingerprint density at radius 1 is 1.00 bits per heavy atom. The molecule has 7 rings (SSSR count). The Morgan fingerprint density at radius 2 is 1.69 bits per heavy atom. The number of carboxylic acid groups (broad SMARTS) is 1. The van der Waals surface area contributed by atoms with E-state index in [0.717, 1.165) is 18.6 Å². The average molecular weight is 672 g/mol. The van der Waals surface area contributed by atoms with Crippen LogP contribution in [0.25, 0.3) is 10.8 Å². The van der Waals surface area contributed by atoms with Crippen molar-refractivity contribution < 1.29 is 51.3 Å². The van der Waals surface area contributed by atoms with E-state index in [2.05, 4.69) is 5.32 Å². The van der Waals surface area contributed by atoms with Crippen molar-refractivity contribution in [2.45, 2.75) is 82.9 Å². The first kappa shape index (κ1) is 33.7. The van der Waals surface area contributed by atoms with Gasteiger partial charge < -0.3 is 24.6 Å². The highest BCUT2D eigenvalue weighted by Crippen LogP contribution is 2.64. The Hall–Kier alpha value is -4.19. The van der Waals surface area contributed by atoms with E-state index in [1.165, 1.54) is 42.5 Å². The summed E-state index contributed by atoms with van der Waals surface area (Å²) in [6.45, 7) is 3.35. The van der Waals surface area contributed by atoms with Crippen molar-refractivity contribution in [3.8, 4) is 5.75 Å². The van der Waals surface area contributed by atoms with E-state index in [0.29, 0.717) is 48.4 Å². The number of carbonyl (C=O) groups is 3. The predicted octanol–water partition coefficient (Wildman–Crippen LogP) is 7.07. The zero-order chi connectivity index (χ0) is 34.4. The van der Waals surface area contributed by atoms with E-state index in [9.17, 15) is 37.1 Å². The second-order valence-electron chi connectivity index (χ2n) is 13.6. The minimum atomic E-state index is -4.51. The molecule has 4 fully saturated rings. The number of carboxylic acids is 1. The van der Waals surface area contributed by atoms with Crippen molar-refractivity contribution in [2.24, 2.45) is 17.3 Å². The summed E-state index contributed by atoms with van der Waals surface area (Å²) in [6.07, 6.45) is -1.53. The van der Waals surface area contributed by atoms with Crippen LogP contribution in [0.4, 0.5) is 17.6 Å². The fourth-order valence-electron chi connectivity index (χ4n) is 8.64. The quantitative estimate of drug-likeness (QED) is 0.166. The van der Waals surface area contributed by atoms with Gasteiger partial charge in [0.1, 0.15) is 24.2 Å². The zero-order valence-electron chi connectivity index (χ0n) is 26.6. The van der Waals surface area contributed by atoms with Gasteiger partial charge in [-0.1, -0.05) is 18.2 Å². The number of hydrogen-bond acceptors (Lipinski definition) is 6. The van der Waals surface area contributed by atoms with Gasteiger partial charge in [-0.15, -0.1) is 0 Å². The number of carbonyl (C=O) groups excluding carboxylic acids is 2. The van der Waals surface area contributed by atoms with Gasteiger partial charge in [-0.05, 0) is 112 Å². The molecule has 12 heteroatoms. The SMILES string of the molecule is CCOC(=O)[C@H](C)OC12CC3CC(C1)CC(C(NC(=O)c1ccc4cc(F)ccc4c1OCc1ccc(C(F)(F)F)cc1)C(=O)O)(C3)C2. The molecule has 8 nitrogen and oxygen atoms in total. The van der Waals surface area contributed by atoms with Gasteiger partial charge in [-0.3, -0.25) is 4.79 Å². The molecule has 4 bridgehead atoms. The van der Waals surface area contributed by atoms with Crippen LogP contribution in [0.2, 0.25) is 0 Å². The number of rotatable bonds is 11. The molecule has 3 unspecified atom stereocenters. The highest BCUT2D eigenvalue weighted by molar-refractivity contribution is 6.05. The lowest BCUT2D eigenvalue weighted by molar-refractivity contribution is -0.224. The smallest absolute Gasteiger partial charge is 0.416 e. The normalized spacial score (nSPS) is 25.8. The van der Waals surface area contributed by atoms with Crippen molar-refractivity contribution in [2.75, 3.05) is 6.61 Å². The van der Waals surface area contributed by atoms with E-state index in [-0.39, 0.29) is 36.4 Å². The Bertz CT molecular complexity index is 1710. The van der Waals surface area contributed by atoms with Gasteiger partial charge in [0.15, 0.2) is 6.10 Å². The van der Waals surface area contributed by atoms with Gasteiger partial charge >= 0.3 is 18.1 Å². The number of ether oxygens (including phenoxy) is 3. The number of benzene rings is 3. The van der Waals surface area contributed by atoms with Crippen LogP contribution in [0.1, 0.15) is 73.9 Å². The number of fused-ring (bicyclic) bond motifs is 1. The molecule has 0 heterocycles. The second-order valence-corrected chi connectivity index (χ2v) is 13.6. The Morgan fingerprint density at radius 3 is 2.31 bits per heavy atom. The van der Waals surface area contributed by atoms with Crippen LogP contribution in [-0.4, -0.2) is 47.3 Å². The lowest BCUT2D eigenvalue weighted by Crippen LogP contribution is -2.65. The van der Waals surface area contributed by atoms with E-state index in [1.54, 1.807) is 13.8 Å². The van der Waals surface area contributed by atoms with Crippen molar-refractivity contribution in [3.05, 3.63) is 77.1 Å². The molecule has 4 aliphatic rings. The van der Waals surface area contributed by atoms with Crippen LogP contribution in [-0.2, 0) is 31.8 Å². The molecule has 0 saturated heterocycles. The maximum absolute atomic E-state index is 14.1. The van der Waals surface area contributed by atoms with Crippen molar-refractivity contribution >= 4 is 28.6 Å². The molecule has 48 heavy (non-hydrogen) atoms. The summed E-state index contributed by atoms with van der Waals surface area (Å²) >= 11 is 0. The monoisotopic (exact) mass is 671 g/mol. The number of halogens is 4. The predicted molar refractivity (Wildman–Crippen MR) is 166 cm³/mol. The molecule has 0 aromatic heterocycles. The van der Waals surface area contributed by atoms with Gasteiger partial charge in [0.05, 0.1) is 23.3 Å². The van der Waals surface area contributed by atoms with Gasteiger partial charge in [0.25, 0.3) is 5.91 Å². The molecule has 4 saturated carbocycles. The summed E-state index contributed by atoms with van der Waals surface area (Å²) in [7, 11) is 0. The molecule has 1 amide bonds. The fraction of sp³-hybridized carbons (Fsp3) is 0.472. The van der Waals surface area contributed by atoms with Crippen LogP contribution in [0.3, 0.4) is 0 Å². The summed E-state index contributed by atoms with van der Waals surface area (Å²) in [6, 6.07) is 9.93. The minimum absolute atomic E-state index is 0.00102. The number of alkyl halides is 3. The van der Waals surface area contributed by atoms with Crippen molar-refractivity contribution in [1.82, 2.24) is 5.32 Å². The third kappa shape index (κ3) is 6.59. The summed E-state index contributed by atoms with van der Waals surface area (Å²) in [5.74, 6) is -2.55. The van der Waals surface area contributed by atoms with Gasteiger partial charge in [-0.25, -0.2) is 14.0 Å². The molecular weight excluding hydrogens is 634 g/mol. The van der Waals surface area contributed by atoms with E-state index >= 15 is 0 Å². The lowest BCUT2D eigenvalue weighted by Gasteiger charge is -2.63. The fourth-order valence-corrected chi connectivity index (χ4v) is 8.64. The molecule has 0 aliphatic heterocycles.